The van der Waals surface area contributed by atoms with Gasteiger partial charge in [-0.1, -0.05) is 206 Å². The van der Waals surface area contributed by atoms with E-state index in [0.717, 1.165) is 99.6 Å². The van der Waals surface area contributed by atoms with Gasteiger partial charge in [-0.3, -0.25) is 4.57 Å². The number of para-hydroxylation sites is 2. The molecule has 0 spiro atoms. The summed E-state index contributed by atoms with van der Waals surface area (Å²) in [5, 5.41) is 4.47. The van der Waals surface area contributed by atoms with E-state index in [9.17, 15) is 0 Å². The highest BCUT2D eigenvalue weighted by molar-refractivity contribution is 6.23. The van der Waals surface area contributed by atoms with Crippen LogP contribution in [0.25, 0.3) is 123 Å². The average Bonchev–Trinajstić information content (AvgIpc) is 3.95. The van der Waals surface area contributed by atoms with Crippen molar-refractivity contribution < 1.29 is 0 Å². The van der Waals surface area contributed by atoms with Gasteiger partial charge in [0.15, 0.2) is 17.5 Å². The van der Waals surface area contributed by atoms with E-state index in [1.807, 2.05) is 60.7 Å². The van der Waals surface area contributed by atoms with Crippen LogP contribution in [0.3, 0.4) is 0 Å². The molecule has 0 amide bonds. The molecule has 0 bridgehead atoms. The minimum absolute atomic E-state index is 0.535. The number of hydrogen-bond donors (Lipinski definition) is 0. The molecule has 0 radical (unpaired) electrons. The molecule has 0 N–H and O–H groups in total. The topological polar surface area (TPSA) is 74.3 Å². The molecule has 4 heterocycles. The van der Waals surface area contributed by atoms with Crippen LogP contribution in [0.2, 0.25) is 0 Å². The lowest BCUT2D eigenvalue weighted by Crippen LogP contribution is -2.07. The second-order valence-electron chi connectivity index (χ2n) is 16.9. The first kappa shape index (κ1) is 39.1. The highest BCUT2D eigenvalue weighted by Gasteiger charge is 2.24. The first-order valence-corrected chi connectivity index (χ1v) is 22.8. The zero-order valence-electron chi connectivity index (χ0n) is 36.6. The third kappa shape index (κ3) is 6.72. The van der Waals surface area contributed by atoms with E-state index in [2.05, 4.69) is 185 Å². The Labute approximate surface area is 392 Å². The Balaban J connectivity index is 1.06. The van der Waals surface area contributed by atoms with Gasteiger partial charge in [-0.05, 0) is 41.5 Å². The smallest absolute Gasteiger partial charge is 0.238 e. The molecule has 68 heavy (non-hydrogen) atoms. The Kier molecular flexibility index (Phi) is 9.35. The molecule has 318 valence electrons. The maximum Gasteiger partial charge on any atom is 0.238 e. The molecule has 0 atom stereocenters. The van der Waals surface area contributed by atoms with Gasteiger partial charge >= 0.3 is 0 Å². The molecule has 13 aromatic rings. The lowest BCUT2D eigenvalue weighted by atomic mass is 10.0. The molecule has 7 heteroatoms. The number of benzene rings is 9. The fourth-order valence-electron chi connectivity index (χ4n) is 9.60. The van der Waals surface area contributed by atoms with Gasteiger partial charge in [-0.15, -0.1) is 0 Å². The van der Waals surface area contributed by atoms with Gasteiger partial charge in [0.05, 0.1) is 33.5 Å². The molecule has 0 aliphatic carbocycles. The van der Waals surface area contributed by atoms with E-state index in [4.69, 9.17) is 24.9 Å². The van der Waals surface area contributed by atoms with Crippen LogP contribution in [0, 0.1) is 0 Å². The minimum Gasteiger partial charge on any atom is -0.307 e. The van der Waals surface area contributed by atoms with E-state index < -0.39 is 0 Å². The van der Waals surface area contributed by atoms with E-state index in [1.165, 1.54) is 0 Å². The van der Waals surface area contributed by atoms with Crippen molar-refractivity contribution >= 4 is 43.6 Å². The Morgan fingerprint density at radius 3 is 1.25 bits per heavy atom. The molecule has 13 rings (SSSR count). The van der Waals surface area contributed by atoms with E-state index in [-0.39, 0.29) is 0 Å². The number of rotatable bonds is 8. The Morgan fingerprint density at radius 2 is 0.662 bits per heavy atom. The van der Waals surface area contributed by atoms with Crippen molar-refractivity contribution in [3.05, 3.63) is 237 Å². The van der Waals surface area contributed by atoms with E-state index in [1.54, 1.807) is 0 Å². The predicted octanol–water partition coefficient (Wildman–Crippen LogP) is 14.9. The molecule has 4 aromatic heterocycles. The van der Waals surface area contributed by atoms with Crippen LogP contribution in [-0.4, -0.2) is 34.1 Å². The van der Waals surface area contributed by atoms with Crippen LogP contribution >= 0.6 is 0 Å². The zero-order valence-corrected chi connectivity index (χ0v) is 36.6. The van der Waals surface area contributed by atoms with Crippen molar-refractivity contribution in [2.24, 2.45) is 0 Å². The van der Waals surface area contributed by atoms with Gasteiger partial charge < -0.3 is 4.57 Å². The van der Waals surface area contributed by atoms with Gasteiger partial charge in [-0.25, -0.2) is 15.0 Å². The molecule has 0 saturated heterocycles. The normalized spacial score (nSPS) is 11.5. The summed E-state index contributed by atoms with van der Waals surface area (Å²) in [6, 6.07) is 82.1. The van der Waals surface area contributed by atoms with Crippen LogP contribution in [0.5, 0.6) is 0 Å². The lowest BCUT2D eigenvalue weighted by Gasteiger charge is -2.14. The van der Waals surface area contributed by atoms with E-state index >= 15 is 0 Å². The van der Waals surface area contributed by atoms with Gasteiger partial charge in [0, 0.05) is 55.0 Å². The zero-order chi connectivity index (χ0) is 45.0. The Bertz CT molecular complexity index is 3940. The fourth-order valence-corrected chi connectivity index (χ4v) is 9.60. The Morgan fingerprint density at radius 1 is 0.250 bits per heavy atom. The predicted molar refractivity (Wildman–Crippen MR) is 277 cm³/mol. The highest BCUT2D eigenvalue weighted by atomic mass is 15.2. The molecular weight excluding hydrogens is 831 g/mol. The summed E-state index contributed by atoms with van der Waals surface area (Å²) in [5.74, 6) is 2.40. The molecule has 0 unspecified atom stereocenters. The van der Waals surface area contributed by atoms with Crippen molar-refractivity contribution in [2.75, 3.05) is 0 Å². The van der Waals surface area contributed by atoms with Crippen molar-refractivity contribution in [1.29, 1.82) is 0 Å². The first-order valence-electron chi connectivity index (χ1n) is 22.8. The van der Waals surface area contributed by atoms with Crippen LogP contribution in [-0.2, 0) is 0 Å². The SMILES string of the molecule is c1ccc(-c2ccc(-c3nc(-c4ccccc4)nc(-n4c5ccccc5c5ccc6c7ccccc7n(-c7cccc(-c8cc(-c9ccccc9)nc(-c9ccccc9)n8)c7)c6c54)n3)cc2)cc1. The molecule has 0 fully saturated rings. The fraction of sp³-hybridized carbons (Fsp3) is 0. The third-order valence-electron chi connectivity index (χ3n) is 12.8. The summed E-state index contributed by atoms with van der Waals surface area (Å²) >= 11 is 0. The van der Waals surface area contributed by atoms with Crippen molar-refractivity contribution in [3.63, 3.8) is 0 Å². The van der Waals surface area contributed by atoms with Crippen molar-refractivity contribution in [2.45, 2.75) is 0 Å². The van der Waals surface area contributed by atoms with Crippen LogP contribution in [0.15, 0.2) is 237 Å². The summed E-state index contributed by atoms with van der Waals surface area (Å²) < 4.78 is 4.64. The number of hydrogen-bond acceptors (Lipinski definition) is 5. The molecule has 9 aromatic carbocycles. The molecule has 0 saturated carbocycles. The quantitative estimate of drug-likeness (QED) is 0.152. The summed E-state index contributed by atoms with van der Waals surface area (Å²) in [4.78, 5) is 26.2. The van der Waals surface area contributed by atoms with Crippen LogP contribution in [0.1, 0.15) is 0 Å². The number of nitrogens with zero attached hydrogens (tertiary/aromatic N) is 7. The standard InChI is InChI=1S/C61H39N7/c1-5-18-40(19-6-1)41-32-34-45(35-33-41)60-64-59(44-24-11-4-12-25-44)65-61(66-60)68-55-31-16-14-29-49(55)51-37-36-50-48-28-13-15-30-54(48)67(56(50)57(51)68)47-27-17-26-46(38-47)53-39-52(42-20-7-2-8-21-42)62-58(63-53)43-22-9-3-10-23-43/h1-39H. The van der Waals surface area contributed by atoms with Crippen LogP contribution < -0.4 is 0 Å². The molecule has 7 nitrogen and oxygen atoms in total. The number of aromatic nitrogens is 7. The highest BCUT2D eigenvalue weighted by Crippen LogP contribution is 2.42. The van der Waals surface area contributed by atoms with Gasteiger partial charge in [0.1, 0.15) is 0 Å². The maximum absolute atomic E-state index is 5.37. The Hall–Kier alpha value is -9.33. The van der Waals surface area contributed by atoms with E-state index in [0.29, 0.717) is 23.4 Å². The summed E-state index contributed by atoms with van der Waals surface area (Å²) in [6.45, 7) is 0. The van der Waals surface area contributed by atoms with Gasteiger partial charge in [-0.2, -0.15) is 9.97 Å². The largest absolute Gasteiger partial charge is 0.307 e. The average molecular weight is 870 g/mol. The van der Waals surface area contributed by atoms with Crippen molar-refractivity contribution in [1.82, 2.24) is 34.1 Å². The maximum atomic E-state index is 5.37. The molecule has 0 aliphatic heterocycles. The summed E-state index contributed by atoms with van der Waals surface area (Å²) in [6.07, 6.45) is 0. The van der Waals surface area contributed by atoms with Gasteiger partial charge in [0.2, 0.25) is 5.95 Å². The third-order valence-corrected chi connectivity index (χ3v) is 12.8. The monoisotopic (exact) mass is 869 g/mol. The van der Waals surface area contributed by atoms with Crippen LogP contribution in [0.4, 0.5) is 0 Å². The molecule has 0 aliphatic rings. The summed E-state index contributed by atoms with van der Waals surface area (Å²) in [7, 11) is 0. The lowest BCUT2D eigenvalue weighted by molar-refractivity contribution is 0.953. The first-order chi connectivity index (χ1) is 33.7. The van der Waals surface area contributed by atoms with Crippen molar-refractivity contribution in [3.8, 4) is 79.4 Å². The second-order valence-corrected chi connectivity index (χ2v) is 16.9. The summed E-state index contributed by atoms with van der Waals surface area (Å²) in [5.41, 5.74) is 13.9. The number of fused-ring (bicyclic) bond motifs is 7. The van der Waals surface area contributed by atoms with Gasteiger partial charge in [0.25, 0.3) is 0 Å². The molecular formula is C61H39N7. The minimum atomic E-state index is 0.535. The second kappa shape index (κ2) is 16.3.